The molecule has 0 bridgehead atoms. The van der Waals surface area contributed by atoms with E-state index in [1.165, 1.54) is 6.26 Å². The number of hydrogen-bond acceptors (Lipinski definition) is 4. The Kier molecular flexibility index (Phi) is 12.6. The second-order valence-corrected chi connectivity index (χ2v) is 8.68. The zero-order chi connectivity index (χ0) is 19.6. The normalized spacial score (nSPS) is 12.7. The molecule has 0 aliphatic heterocycles. The Morgan fingerprint density at radius 1 is 1.22 bits per heavy atom. The van der Waals surface area contributed by atoms with Gasteiger partial charge in [-0.2, -0.15) is 0 Å². The highest BCUT2D eigenvalue weighted by molar-refractivity contribution is 14.0. The molecule has 1 unspecified atom stereocenters. The number of benzene rings is 1. The van der Waals surface area contributed by atoms with E-state index in [-0.39, 0.29) is 41.7 Å². The van der Waals surface area contributed by atoms with Gasteiger partial charge in [-0.1, -0.05) is 11.6 Å². The number of sulfone groups is 1. The minimum Gasteiger partial charge on any atom is -0.357 e. The van der Waals surface area contributed by atoms with Gasteiger partial charge >= 0.3 is 0 Å². The van der Waals surface area contributed by atoms with Crippen LogP contribution in [0.5, 0.6) is 0 Å². The molecule has 0 aromatic heterocycles. The maximum absolute atomic E-state index is 12.0. The first-order chi connectivity index (χ1) is 12.2. The van der Waals surface area contributed by atoms with E-state index in [1.807, 2.05) is 13.8 Å². The third kappa shape index (κ3) is 12.1. The molecule has 10 heteroatoms. The van der Waals surface area contributed by atoms with E-state index in [4.69, 9.17) is 11.6 Å². The van der Waals surface area contributed by atoms with Gasteiger partial charge in [-0.15, -0.1) is 24.0 Å². The SMILES string of the molecule is CCNC(=NCCNC(=O)c1ccc(Cl)cc1)NC(C)CCS(C)(=O)=O.I. The molecule has 1 atom stereocenters. The summed E-state index contributed by atoms with van der Waals surface area (Å²) in [6.07, 6.45) is 1.72. The van der Waals surface area contributed by atoms with Crippen LogP contribution in [0.3, 0.4) is 0 Å². The van der Waals surface area contributed by atoms with Crippen molar-refractivity contribution in [3.63, 3.8) is 0 Å². The highest BCUT2D eigenvalue weighted by Gasteiger charge is 2.09. The Hall–Kier alpha value is -1.07. The zero-order valence-corrected chi connectivity index (χ0v) is 19.7. The molecular formula is C17H28ClIN4O3S. The van der Waals surface area contributed by atoms with Gasteiger partial charge in [-0.05, 0) is 44.5 Å². The lowest BCUT2D eigenvalue weighted by Gasteiger charge is -2.17. The van der Waals surface area contributed by atoms with Crippen molar-refractivity contribution >= 4 is 57.3 Å². The minimum absolute atomic E-state index is 0. The Morgan fingerprint density at radius 3 is 2.41 bits per heavy atom. The van der Waals surface area contributed by atoms with Crippen LogP contribution in [0.15, 0.2) is 29.3 Å². The van der Waals surface area contributed by atoms with Crippen molar-refractivity contribution in [2.75, 3.05) is 31.6 Å². The number of aliphatic imine (C=N–C) groups is 1. The largest absolute Gasteiger partial charge is 0.357 e. The summed E-state index contributed by atoms with van der Waals surface area (Å²) >= 11 is 5.80. The van der Waals surface area contributed by atoms with E-state index in [9.17, 15) is 13.2 Å². The molecule has 0 aliphatic carbocycles. The van der Waals surface area contributed by atoms with E-state index < -0.39 is 9.84 Å². The number of amides is 1. The maximum atomic E-state index is 12.0. The Morgan fingerprint density at radius 2 is 1.85 bits per heavy atom. The van der Waals surface area contributed by atoms with Crippen LogP contribution in [-0.2, 0) is 9.84 Å². The minimum atomic E-state index is -2.98. The van der Waals surface area contributed by atoms with Gasteiger partial charge < -0.3 is 16.0 Å². The van der Waals surface area contributed by atoms with Crippen molar-refractivity contribution in [1.29, 1.82) is 0 Å². The van der Waals surface area contributed by atoms with Gasteiger partial charge in [0, 0.05) is 36.0 Å². The van der Waals surface area contributed by atoms with Gasteiger partial charge in [0.05, 0.1) is 12.3 Å². The van der Waals surface area contributed by atoms with Crippen LogP contribution in [0.4, 0.5) is 0 Å². The van der Waals surface area contributed by atoms with E-state index in [0.29, 0.717) is 42.6 Å². The first-order valence-corrected chi connectivity index (χ1v) is 10.9. The van der Waals surface area contributed by atoms with E-state index in [2.05, 4.69) is 20.9 Å². The summed E-state index contributed by atoms with van der Waals surface area (Å²) in [5.41, 5.74) is 0.540. The zero-order valence-electron chi connectivity index (χ0n) is 15.8. The molecule has 1 rings (SSSR count). The van der Waals surface area contributed by atoms with Crippen LogP contribution in [0.25, 0.3) is 0 Å². The summed E-state index contributed by atoms with van der Waals surface area (Å²) in [6, 6.07) is 6.62. The molecule has 0 fully saturated rings. The molecule has 1 amide bonds. The van der Waals surface area contributed by atoms with Crippen LogP contribution in [0.2, 0.25) is 5.02 Å². The third-order valence-electron chi connectivity index (χ3n) is 3.42. The topological polar surface area (TPSA) is 99.7 Å². The molecule has 0 aliphatic rings. The van der Waals surface area contributed by atoms with Crippen LogP contribution in [-0.4, -0.2) is 58.0 Å². The summed E-state index contributed by atoms with van der Waals surface area (Å²) in [7, 11) is -2.98. The number of hydrogen-bond donors (Lipinski definition) is 3. The Labute approximate surface area is 183 Å². The third-order valence-corrected chi connectivity index (χ3v) is 4.65. The molecule has 1 aromatic carbocycles. The highest BCUT2D eigenvalue weighted by atomic mass is 127. The summed E-state index contributed by atoms with van der Waals surface area (Å²) in [6.45, 7) is 5.31. The van der Waals surface area contributed by atoms with Gasteiger partial charge in [-0.25, -0.2) is 8.42 Å². The van der Waals surface area contributed by atoms with Crippen LogP contribution in [0, 0.1) is 0 Å². The number of rotatable bonds is 9. The van der Waals surface area contributed by atoms with Crippen LogP contribution >= 0.6 is 35.6 Å². The Bertz CT molecular complexity index is 711. The number of carbonyl (C=O) groups is 1. The van der Waals surface area contributed by atoms with Gasteiger partial charge in [0.25, 0.3) is 5.91 Å². The van der Waals surface area contributed by atoms with Gasteiger partial charge in [0.15, 0.2) is 5.96 Å². The standard InChI is InChI=1S/C17H27ClN4O3S.HI/c1-4-19-17(22-13(2)9-12-26(3,24)25)21-11-10-20-16(23)14-5-7-15(18)8-6-14;/h5-8,13H,4,9-12H2,1-3H3,(H,20,23)(H2,19,21,22);1H. The first-order valence-electron chi connectivity index (χ1n) is 8.47. The average Bonchev–Trinajstić information content (AvgIpc) is 2.57. The fourth-order valence-electron chi connectivity index (χ4n) is 2.06. The summed E-state index contributed by atoms with van der Waals surface area (Å²) in [5, 5.41) is 9.63. The van der Waals surface area contributed by atoms with Crippen LogP contribution in [0.1, 0.15) is 30.6 Å². The molecule has 7 nitrogen and oxygen atoms in total. The van der Waals surface area contributed by atoms with Crippen molar-refractivity contribution < 1.29 is 13.2 Å². The smallest absolute Gasteiger partial charge is 0.251 e. The molecule has 0 radical (unpaired) electrons. The van der Waals surface area contributed by atoms with Crippen LogP contribution < -0.4 is 16.0 Å². The molecule has 27 heavy (non-hydrogen) atoms. The summed E-state index contributed by atoms with van der Waals surface area (Å²) in [4.78, 5) is 16.4. The van der Waals surface area contributed by atoms with Gasteiger partial charge in [0.1, 0.15) is 9.84 Å². The first kappa shape index (κ1) is 25.9. The van der Waals surface area contributed by atoms with Gasteiger partial charge in [0.2, 0.25) is 0 Å². The average molecular weight is 531 g/mol. The van der Waals surface area contributed by atoms with E-state index >= 15 is 0 Å². The van der Waals surface area contributed by atoms with Crippen molar-refractivity contribution in [2.45, 2.75) is 26.3 Å². The second-order valence-electron chi connectivity index (χ2n) is 5.99. The quantitative estimate of drug-likeness (QED) is 0.196. The van der Waals surface area contributed by atoms with Crippen molar-refractivity contribution in [1.82, 2.24) is 16.0 Å². The molecule has 154 valence electrons. The molecule has 0 saturated carbocycles. The van der Waals surface area contributed by atoms with Crippen molar-refractivity contribution in [3.05, 3.63) is 34.9 Å². The lowest BCUT2D eigenvalue weighted by molar-refractivity contribution is 0.0955. The predicted octanol–water partition coefficient (Wildman–Crippen LogP) is 2.07. The number of carbonyl (C=O) groups excluding carboxylic acids is 1. The number of halogens is 2. The van der Waals surface area contributed by atoms with Gasteiger partial charge in [-0.3, -0.25) is 9.79 Å². The molecule has 0 spiro atoms. The monoisotopic (exact) mass is 530 g/mol. The van der Waals surface area contributed by atoms with E-state index in [1.54, 1.807) is 24.3 Å². The number of guanidine groups is 1. The maximum Gasteiger partial charge on any atom is 0.251 e. The lowest BCUT2D eigenvalue weighted by atomic mass is 10.2. The fraction of sp³-hybridized carbons (Fsp3) is 0.529. The molecule has 0 saturated heterocycles. The molecule has 0 heterocycles. The molecule has 1 aromatic rings. The number of nitrogens with one attached hydrogen (secondary N) is 3. The second kappa shape index (κ2) is 13.2. The fourth-order valence-corrected chi connectivity index (χ4v) is 2.96. The number of nitrogens with zero attached hydrogens (tertiary/aromatic N) is 1. The van der Waals surface area contributed by atoms with Crippen molar-refractivity contribution in [2.24, 2.45) is 4.99 Å². The van der Waals surface area contributed by atoms with E-state index in [0.717, 1.165) is 0 Å². The molecule has 3 N–H and O–H groups in total. The highest BCUT2D eigenvalue weighted by Crippen LogP contribution is 2.09. The van der Waals surface area contributed by atoms with Crippen molar-refractivity contribution in [3.8, 4) is 0 Å². The summed E-state index contributed by atoms with van der Waals surface area (Å²) in [5.74, 6) is 0.531. The molecular weight excluding hydrogens is 503 g/mol. The predicted molar refractivity (Wildman–Crippen MR) is 122 cm³/mol. The summed E-state index contributed by atoms with van der Waals surface area (Å²) < 4.78 is 22.5. The lowest BCUT2D eigenvalue weighted by Crippen LogP contribution is -2.43. The Balaban J connectivity index is 0.00000676.